The van der Waals surface area contributed by atoms with E-state index in [1.165, 1.54) is 76.2 Å². The lowest BCUT2D eigenvalue weighted by Crippen LogP contribution is -2.25. The van der Waals surface area contributed by atoms with Crippen molar-refractivity contribution in [1.82, 2.24) is 4.90 Å². The van der Waals surface area contributed by atoms with Gasteiger partial charge < -0.3 is 4.90 Å². The minimum Gasteiger partial charge on any atom is -0.351 e. The van der Waals surface area contributed by atoms with E-state index in [2.05, 4.69) is 42.5 Å². The maximum absolute atomic E-state index is 2.46. The van der Waals surface area contributed by atoms with E-state index in [-0.39, 0.29) is 0 Å². The van der Waals surface area contributed by atoms with Crippen LogP contribution >= 0.6 is 0 Å². The summed E-state index contributed by atoms with van der Waals surface area (Å²) < 4.78 is 0. The molecule has 1 aliphatic carbocycles. The highest BCUT2D eigenvalue weighted by Gasteiger charge is 2.16. The second-order valence-corrected chi connectivity index (χ2v) is 6.30. The van der Waals surface area contributed by atoms with Crippen LogP contribution in [0.25, 0.3) is 0 Å². The molecule has 1 heterocycles. The van der Waals surface area contributed by atoms with Gasteiger partial charge in [0.15, 0.2) is 0 Å². The zero-order valence-electron chi connectivity index (χ0n) is 13.2. The van der Waals surface area contributed by atoms with E-state index >= 15 is 0 Å². The first-order valence-corrected chi connectivity index (χ1v) is 8.73. The maximum atomic E-state index is 2.46. The summed E-state index contributed by atoms with van der Waals surface area (Å²) in [5, 5.41) is 0. The van der Waals surface area contributed by atoms with E-state index in [9.17, 15) is 0 Å². The molecule has 0 aromatic carbocycles. The third kappa shape index (κ3) is 5.19. The lowest BCUT2D eigenvalue weighted by molar-refractivity contribution is 0.329. The van der Waals surface area contributed by atoms with Gasteiger partial charge in [-0.3, -0.25) is 0 Å². The zero-order valence-corrected chi connectivity index (χ0v) is 13.2. The molecule has 0 aromatic heterocycles. The second-order valence-electron chi connectivity index (χ2n) is 6.30. The molecular formula is C19H31N. The minimum absolute atomic E-state index is 0.734. The number of hydrogen-bond donors (Lipinski definition) is 0. The molecular weight excluding hydrogens is 242 g/mol. The quantitative estimate of drug-likeness (QED) is 0.427. The summed E-state index contributed by atoms with van der Waals surface area (Å²) >= 11 is 0. The standard InChI is InChI=1S/C19H31N/c1-2-3-4-7-11-18-12-10-16-20(17-15-18)19-13-8-5-6-9-14-19/h10,12,15-17,19H,2-9,11,13-14H2,1H3. The fraction of sp³-hybridized carbons (Fsp3) is 0.684. The fourth-order valence-corrected chi connectivity index (χ4v) is 3.28. The highest BCUT2D eigenvalue weighted by Crippen LogP contribution is 2.24. The molecule has 1 aliphatic heterocycles. The minimum atomic E-state index is 0.734. The average Bonchev–Trinajstić information content (AvgIpc) is 2.86. The molecule has 0 unspecified atom stereocenters. The molecule has 112 valence electrons. The molecule has 0 amide bonds. The average molecular weight is 273 g/mol. The molecule has 1 heteroatoms. The first-order valence-electron chi connectivity index (χ1n) is 8.73. The van der Waals surface area contributed by atoms with Gasteiger partial charge in [-0.15, -0.1) is 0 Å². The first-order chi connectivity index (χ1) is 9.90. The Labute approximate surface area is 125 Å². The topological polar surface area (TPSA) is 3.24 Å². The predicted octanol–water partition coefficient (Wildman–Crippen LogP) is 5.95. The van der Waals surface area contributed by atoms with Gasteiger partial charge in [0, 0.05) is 18.4 Å². The second kappa shape index (κ2) is 9.05. The van der Waals surface area contributed by atoms with Crippen LogP contribution in [0, 0.1) is 0 Å². The molecule has 0 N–H and O–H groups in total. The van der Waals surface area contributed by atoms with Gasteiger partial charge in [0.2, 0.25) is 0 Å². The van der Waals surface area contributed by atoms with Crippen LogP contribution in [0.1, 0.15) is 77.6 Å². The molecule has 1 saturated carbocycles. The first kappa shape index (κ1) is 15.4. The third-order valence-electron chi connectivity index (χ3n) is 4.59. The Balaban J connectivity index is 1.81. The van der Waals surface area contributed by atoms with Crippen molar-refractivity contribution in [2.45, 2.75) is 83.6 Å². The Hall–Kier alpha value is -0.980. The van der Waals surface area contributed by atoms with E-state index in [4.69, 9.17) is 0 Å². The summed E-state index contributed by atoms with van der Waals surface area (Å²) in [7, 11) is 0. The van der Waals surface area contributed by atoms with Crippen LogP contribution < -0.4 is 0 Å². The molecule has 1 fully saturated rings. The van der Waals surface area contributed by atoms with E-state index in [0.717, 1.165) is 6.04 Å². The molecule has 0 spiro atoms. The van der Waals surface area contributed by atoms with E-state index in [0.29, 0.717) is 0 Å². The van der Waals surface area contributed by atoms with Crippen LogP contribution in [0.2, 0.25) is 0 Å². The SMILES string of the molecule is CCCCCCC1=CC=CN(C2CCCCCC2)C=C1. The lowest BCUT2D eigenvalue weighted by atomic mass is 10.1. The number of hydrogen-bond acceptors (Lipinski definition) is 1. The highest BCUT2D eigenvalue weighted by molar-refractivity contribution is 5.26. The van der Waals surface area contributed by atoms with E-state index in [1.54, 1.807) is 0 Å². The Morgan fingerprint density at radius 1 is 1.00 bits per heavy atom. The van der Waals surface area contributed by atoms with Crippen LogP contribution in [-0.4, -0.2) is 10.9 Å². The van der Waals surface area contributed by atoms with Gasteiger partial charge in [-0.1, -0.05) is 57.9 Å². The summed E-state index contributed by atoms with van der Waals surface area (Å²) in [6, 6.07) is 0.734. The Morgan fingerprint density at radius 3 is 2.55 bits per heavy atom. The van der Waals surface area contributed by atoms with Crippen molar-refractivity contribution in [2.24, 2.45) is 0 Å². The van der Waals surface area contributed by atoms with Crippen molar-refractivity contribution in [3.63, 3.8) is 0 Å². The predicted molar refractivity (Wildman–Crippen MR) is 88.5 cm³/mol. The Morgan fingerprint density at radius 2 is 1.80 bits per heavy atom. The van der Waals surface area contributed by atoms with Crippen LogP contribution in [0.3, 0.4) is 0 Å². The van der Waals surface area contributed by atoms with Crippen LogP contribution in [0.4, 0.5) is 0 Å². The molecule has 0 radical (unpaired) electrons. The highest BCUT2D eigenvalue weighted by atomic mass is 15.1. The number of unbranched alkanes of at least 4 members (excludes halogenated alkanes) is 3. The third-order valence-corrected chi connectivity index (χ3v) is 4.59. The number of allylic oxidation sites excluding steroid dienone is 4. The molecule has 0 bridgehead atoms. The molecule has 2 rings (SSSR count). The van der Waals surface area contributed by atoms with Crippen molar-refractivity contribution >= 4 is 0 Å². The van der Waals surface area contributed by atoms with E-state index < -0.39 is 0 Å². The fourth-order valence-electron chi connectivity index (χ4n) is 3.28. The van der Waals surface area contributed by atoms with Gasteiger partial charge in [-0.25, -0.2) is 0 Å². The normalized spacial score (nSPS) is 20.6. The Bertz CT molecular complexity index is 343. The van der Waals surface area contributed by atoms with Gasteiger partial charge in [0.1, 0.15) is 0 Å². The zero-order chi connectivity index (χ0) is 14.0. The number of nitrogens with zero attached hydrogens (tertiary/aromatic N) is 1. The molecule has 20 heavy (non-hydrogen) atoms. The Kier molecular flexibility index (Phi) is 6.97. The molecule has 2 aliphatic rings. The van der Waals surface area contributed by atoms with Gasteiger partial charge in [-0.05, 0) is 43.4 Å². The van der Waals surface area contributed by atoms with Crippen LogP contribution in [0.15, 0.2) is 36.2 Å². The smallest absolute Gasteiger partial charge is 0.0330 e. The van der Waals surface area contributed by atoms with Gasteiger partial charge >= 0.3 is 0 Å². The monoisotopic (exact) mass is 273 g/mol. The number of rotatable bonds is 6. The van der Waals surface area contributed by atoms with Gasteiger partial charge in [0.05, 0.1) is 0 Å². The van der Waals surface area contributed by atoms with Gasteiger partial charge in [-0.2, -0.15) is 0 Å². The van der Waals surface area contributed by atoms with E-state index in [1.807, 2.05) is 0 Å². The molecule has 0 saturated heterocycles. The van der Waals surface area contributed by atoms with Gasteiger partial charge in [0.25, 0.3) is 0 Å². The largest absolute Gasteiger partial charge is 0.351 e. The summed E-state index contributed by atoms with van der Waals surface area (Å²) in [5.74, 6) is 0. The molecule has 1 nitrogen and oxygen atoms in total. The van der Waals surface area contributed by atoms with Crippen LogP contribution in [-0.2, 0) is 0 Å². The van der Waals surface area contributed by atoms with Crippen molar-refractivity contribution < 1.29 is 0 Å². The maximum Gasteiger partial charge on any atom is 0.0330 e. The summed E-state index contributed by atoms with van der Waals surface area (Å²) in [5.41, 5.74) is 1.49. The summed E-state index contributed by atoms with van der Waals surface area (Å²) in [4.78, 5) is 2.46. The van der Waals surface area contributed by atoms with Crippen molar-refractivity contribution in [1.29, 1.82) is 0 Å². The van der Waals surface area contributed by atoms with Crippen molar-refractivity contribution in [3.05, 3.63) is 36.2 Å². The van der Waals surface area contributed by atoms with Crippen molar-refractivity contribution in [3.8, 4) is 0 Å². The lowest BCUT2D eigenvalue weighted by Gasteiger charge is -2.26. The van der Waals surface area contributed by atoms with Crippen molar-refractivity contribution in [2.75, 3.05) is 0 Å². The van der Waals surface area contributed by atoms with Crippen LogP contribution in [0.5, 0.6) is 0 Å². The molecule has 0 aromatic rings. The summed E-state index contributed by atoms with van der Waals surface area (Å²) in [6.45, 7) is 2.28. The molecule has 0 atom stereocenters. The summed E-state index contributed by atoms with van der Waals surface area (Å²) in [6.07, 6.45) is 26.5.